The summed E-state index contributed by atoms with van der Waals surface area (Å²) in [5.74, 6) is 1.05. The third-order valence-corrected chi connectivity index (χ3v) is 4.22. The van der Waals surface area contributed by atoms with Crippen molar-refractivity contribution in [3.63, 3.8) is 0 Å². The van der Waals surface area contributed by atoms with Gasteiger partial charge in [0.1, 0.15) is 11.4 Å². The molecule has 0 aliphatic carbocycles. The molecule has 0 spiro atoms. The molecule has 0 aromatic rings. The van der Waals surface area contributed by atoms with Crippen molar-refractivity contribution in [3.8, 4) is 0 Å². The molecule has 3 heteroatoms. The van der Waals surface area contributed by atoms with E-state index in [2.05, 4.69) is 27.7 Å². The van der Waals surface area contributed by atoms with Crippen molar-refractivity contribution in [1.29, 1.82) is 0 Å². The molecule has 3 nitrogen and oxygen atoms in total. The lowest BCUT2D eigenvalue weighted by Crippen LogP contribution is -2.54. The number of fused-ring (bicyclic) bond motifs is 1. The van der Waals surface area contributed by atoms with Crippen LogP contribution in [0.1, 0.15) is 54.4 Å². The Morgan fingerprint density at radius 3 is 2.44 bits per heavy atom. The van der Waals surface area contributed by atoms with E-state index in [1.807, 2.05) is 6.92 Å². The van der Waals surface area contributed by atoms with Gasteiger partial charge >= 0.3 is 0 Å². The van der Waals surface area contributed by atoms with Crippen LogP contribution in [0.4, 0.5) is 0 Å². The van der Waals surface area contributed by atoms with E-state index in [4.69, 9.17) is 9.47 Å². The molecule has 0 bridgehead atoms. The molecule has 0 aromatic heterocycles. The molecule has 2 rings (SSSR count). The van der Waals surface area contributed by atoms with Crippen LogP contribution in [0.25, 0.3) is 0 Å². The van der Waals surface area contributed by atoms with Crippen LogP contribution in [-0.4, -0.2) is 23.1 Å². The van der Waals surface area contributed by atoms with E-state index < -0.39 is 0 Å². The van der Waals surface area contributed by atoms with Crippen LogP contribution < -0.4 is 0 Å². The van der Waals surface area contributed by atoms with Crippen molar-refractivity contribution in [2.75, 3.05) is 0 Å². The van der Waals surface area contributed by atoms with E-state index in [9.17, 15) is 4.79 Å². The third-order valence-electron chi connectivity index (χ3n) is 4.22. The van der Waals surface area contributed by atoms with Crippen molar-refractivity contribution in [1.82, 2.24) is 0 Å². The molecule has 2 atom stereocenters. The van der Waals surface area contributed by atoms with E-state index in [1.165, 1.54) is 0 Å². The van der Waals surface area contributed by atoms with Gasteiger partial charge in [0.25, 0.3) is 0 Å². The van der Waals surface area contributed by atoms with Gasteiger partial charge in [-0.2, -0.15) is 0 Å². The zero-order valence-corrected chi connectivity index (χ0v) is 12.3. The average Bonchev–Trinajstić information content (AvgIpc) is 2.12. The number of ether oxygens (including phenoxy) is 2. The normalized spacial score (nSPS) is 33.7. The first-order chi connectivity index (χ1) is 8.14. The fourth-order valence-electron chi connectivity index (χ4n) is 3.29. The van der Waals surface area contributed by atoms with Gasteiger partial charge in [0.2, 0.25) is 0 Å². The second-order valence-corrected chi connectivity index (χ2v) is 6.67. The topological polar surface area (TPSA) is 35.5 Å². The van der Waals surface area contributed by atoms with Crippen molar-refractivity contribution >= 4 is 5.78 Å². The maximum atomic E-state index is 11.9. The number of hydrogen-bond acceptors (Lipinski definition) is 3. The number of ketones is 1. The van der Waals surface area contributed by atoms with Crippen LogP contribution in [0, 0.1) is 5.92 Å². The Morgan fingerprint density at radius 2 is 1.89 bits per heavy atom. The van der Waals surface area contributed by atoms with Gasteiger partial charge in [-0.05, 0) is 54.4 Å². The summed E-state index contributed by atoms with van der Waals surface area (Å²) in [4.78, 5) is 11.9. The molecule has 0 amide bonds. The zero-order chi connectivity index (χ0) is 13.7. The Hall–Kier alpha value is -0.830. The van der Waals surface area contributed by atoms with E-state index in [-0.39, 0.29) is 29.0 Å². The van der Waals surface area contributed by atoms with Gasteiger partial charge in [-0.1, -0.05) is 0 Å². The lowest BCUT2D eigenvalue weighted by atomic mass is 9.73. The number of rotatable bonds is 1. The van der Waals surface area contributed by atoms with E-state index in [0.29, 0.717) is 0 Å². The van der Waals surface area contributed by atoms with E-state index >= 15 is 0 Å². The summed E-state index contributed by atoms with van der Waals surface area (Å²) in [5, 5.41) is 0. The monoisotopic (exact) mass is 252 g/mol. The largest absolute Gasteiger partial charge is 0.492 e. The van der Waals surface area contributed by atoms with Gasteiger partial charge in [-0.3, -0.25) is 4.79 Å². The molecule has 102 valence electrons. The molecule has 2 aliphatic rings. The molecule has 0 aromatic carbocycles. The lowest BCUT2D eigenvalue weighted by Gasteiger charge is -2.51. The molecule has 0 radical (unpaired) electrons. The first kappa shape index (κ1) is 13.6. The van der Waals surface area contributed by atoms with Gasteiger partial charge in [-0.15, -0.1) is 0 Å². The molecule has 2 aliphatic heterocycles. The van der Waals surface area contributed by atoms with Crippen LogP contribution in [0.5, 0.6) is 0 Å². The molecular weight excluding hydrogens is 228 g/mol. The standard InChI is InChI=1S/C15H24O3/c1-9(16)12-10(2)17-15(5,6)11-7-8-14(3,4)18-13(11)12/h11,13H,7-8H2,1-6H3/t11-,13-/m0/s1. The van der Waals surface area contributed by atoms with Gasteiger partial charge < -0.3 is 9.47 Å². The fraction of sp³-hybridized carbons (Fsp3) is 0.800. The molecule has 18 heavy (non-hydrogen) atoms. The Kier molecular flexibility index (Phi) is 3.09. The number of carbonyl (C=O) groups excluding carboxylic acids is 1. The fourth-order valence-corrected chi connectivity index (χ4v) is 3.29. The van der Waals surface area contributed by atoms with Gasteiger partial charge in [0.05, 0.1) is 17.3 Å². The van der Waals surface area contributed by atoms with Crippen LogP contribution in [0.15, 0.2) is 11.3 Å². The molecule has 1 saturated heterocycles. The quantitative estimate of drug-likeness (QED) is 0.718. The second kappa shape index (κ2) is 4.09. The predicted octanol–water partition coefficient (Wildman–Crippen LogP) is 3.23. The molecule has 0 N–H and O–H groups in total. The minimum atomic E-state index is -0.260. The highest BCUT2D eigenvalue weighted by molar-refractivity contribution is 5.95. The second-order valence-electron chi connectivity index (χ2n) is 6.67. The molecule has 1 fully saturated rings. The zero-order valence-electron chi connectivity index (χ0n) is 12.3. The smallest absolute Gasteiger partial charge is 0.161 e. The summed E-state index contributed by atoms with van der Waals surface area (Å²) in [7, 11) is 0. The van der Waals surface area contributed by atoms with E-state index in [0.717, 1.165) is 24.2 Å². The highest BCUT2D eigenvalue weighted by atomic mass is 16.5. The van der Waals surface area contributed by atoms with Crippen molar-refractivity contribution < 1.29 is 14.3 Å². The molecule has 0 saturated carbocycles. The molecule has 0 unspecified atom stereocenters. The highest BCUT2D eigenvalue weighted by Crippen LogP contribution is 2.46. The summed E-state index contributed by atoms with van der Waals surface area (Å²) < 4.78 is 12.2. The summed E-state index contributed by atoms with van der Waals surface area (Å²) in [5.41, 5.74) is 0.312. The Bertz CT molecular complexity index is 404. The average molecular weight is 252 g/mol. The first-order valence-corrected chi connectivity index (χ1v) is 6.72. The van der Waals surface area contributed by atoms with Gasteiger partial charge in [0.15, 0.2) is 5.78 Å². The van der Waals surface area contributed by atoms with Crippen molar-refractivity contribution in [2.45, 2.75) is 71.7 Å². The maximum Gasteiger partial charge on any atom is 0.161 e. The summed E-state index contributed by atoms with van der Waals surface area (Å²) in [6, 6.07) is 0. The van der Waals surface area contributed by atoms with Crippen LogP contribution in [-0.2, 0) is 14.3 Å². The van der Waals surface area contributed by atoms with Gasteiger partial charge in [0, 0.05) is 5.92 Å². The Morgan fingerprint density at radius 1 is 1.28 bits per heavy atom. The summed E-state index contributed by atoms with van der Waals surface area (Å²) >= 11 is 0. The van der Waals surface area contributed by atoms with Crippen LogP contribution in [0.2, 0.25) is 0 Å². The Balaban J connectivity index is 2.44. The number of carbonyl (C=O) groups is 1. The molecule has 2 heterocycles. The van der Waals surface area contributed by atoms with Gasteiger partial charge in [-0.25, -0.2) is 0 Å². The van der Waals surface area contributed by atoms with E-state index in [1.54, 1.807) is 6.92 Å². The third kappa shape index (κ3) is 2.20. The Labute approximate surface area is 110 Å². The van der Waals surface area contributed by atoms with Crippen LogP contribution in [0.3, 0.4) is 0 Å². The predicted molar refractivity (Wildman–Crippen MR) is 70.2 cm³/mol. The van der Waals surface area contributed by atoms with Crippen LogP contribution >= 0.6 is 0 Å². The lowest BCUT2D eigenvalue weighted by molar-refractivity contribution is -0.181. The number of hydrogen-bond donors (Lipinski definition) is 0. The number of Topliss-reactive ketones (excluding diaryl/α,β-unsaturated/α-hetero) is 1. The maximum absolute atomic E-state index is 11.9. The molecular formula is C15H24O3. The highest BCUT2D eigenvalue weighted by Gasteiger charge is 2.50. The number of allylic oxidation sites excluding steroid dienone is 1. The van der Waals surface area contributed by atoms with Crippen molar-refractivity contribution in [3.05, 3.63) is 11.3 Å². The first-order valence-electron chi connectivity index (χ1n) is 6.72. The SMILES string of the molecule is CC(=O)C1=C(C)OC(C)(C)[C@H]2CCC(C)(C)O[C@H]12. The summed E-state index contributed by atoms with van der Waals surface area (Å²) in [6.07, 6.45) is 1.93. The minimum absolute atomic E-state index is 0.0655. The van der Waals surface area contributed by atoms with Crippen molar-refractivity contribution in [2.24, 2.45) is 5.92 Å². The minimum Gasteiger partial charge on any atom is -0.492 e. The summed E-state index contributed by atoms with van der Waals surface area (Å²) in [6.45, 7) is 11.8.